The average Bonchev–Trinajstić information content (AvgIpc) is 3.03. The number of alkyl halides is 3. The van der Waals surface area contributed by atoms with E-state index in [0.717, 1.165) is 22.6 Å². The highest BCUT2D eigenvalue weighted by molar-refractivity contribution is 7.90. The maximum Gasteiger partial charge on any atom is 0.573 e. The molecule has 1 aliphatic heterocycles. The number of nitrogens with zero attached hydrogens (tertiary/aromatic N) is 3. The number of halogens is 3. The van der Waals surface area contributed by atoms with E-state index in [1.807, 2.05) is 6.07 Å². The van der Waals surface area contributed by atoms with Crippen LogP contribution in [0.3, 0.4) is 0 Å². The number of aromatic nitrogens is 1. The van der Waals surface area contributed by atoms with Gasteiger partial charge in [-0.2, -0.15) is 13.1 Å². The highest BCUT2D eigenvalue weighted by Gasteiger charge is 2.52. The third-order valence-corrected chi connectivity index (χ3v) is 6.96. The van der Waals surface area contributed by atoms with E-state index in [1.54, 1.807) is 24.3 Å². The molecule has 1 aromatic heterocycles. The molecule has 0 radical (unpaired) electrons. The number of benzene rings is 2. The lowest BCUT2D eigenvalue weighted by atomic mass is 10.0. The molecule has 0 saturated carbocycles. The van der Waals surface area contributed by atoms with E-state index in [9.17, 15) is 31.2 Å². The van der Waals surface area contributed by atoms with E-state index >= 15 is 0 Å². The molecule has 1 aliphatic rings. The minimum Gasteiger partial charge on any atom is -0.406 e. The van der Waals surface area contributed by atoms with Gasteiger partial charge in [-0.25, -0.2) is 9.69 Å². The van der Waals surface area contributed by atoms with Gasteiger partial charge >= 0.3 is 12.4 Å². The van der Waals surface area contributed by atoms with Crippen molar-refractivity contribution in [2.45, 2.75) is 38.8 Å². The van der Waals surface area contributed by atoms with E-state index in [-0.39, 0.29) is 24.5 Å². The number of carbonyl (C=O) groups is 2. The number of urea groups is 1. The minimum absolute atomic E-state index is 0.0413. The van der Waals surface area contributed by atoms with Crippen LogP contribution in [0, 0.1) is 0 Å². The fourth-order valence-corrected chi connectivity index (χ4v) is 4.81. The predicted octanol–water partition coefficient (Wildman–Crippen LogP) is 4.17. The summed E-state index contributed by atoms with van der Waals surface area (Å²) in [4.78, 5) is 32.6. The Bertz CT molecular complexity index is 1470. The van der Waals surface area contributed by atoms with Gasteiger partial charge < -0.3 is 9.64 Å². The van der Waals surface area contributed by atoms with E-state index in [0.29, 0.717) is 5.56 Å². The molecule has 2 heterocycles. The van der Waals surface area contributed by atoms with Gasteiger partial charge in [-0.05, 0) is 55.3 Å². The number of ether oxygens (including phenoxy) is 1. The molecule has 0 spiro atoms. The van der Waals surface area contributed by atoms with Gasteiger partial charge in [0.15, 0.2) is 0 Å². The number of carbonyl (C=O) groups excluding carboxylic acids is 2. The van der Waals surface area contributed by atoms with E-state index < -0.39 is 39.8 Å². The first kappa shape index (κ1) is 27.9. The Morgan fingerprint density at radius 3 is 2.31 bits per heavy atom. The van der Waals surface area contributed by atoms with Crippen molar-refractivity contribution in [3.63, 3.8) is 0 Å². The normalized spacial score (nSPS) is 15.5. The molecule has 2 aromatic carbocycles. The van der Waals surface area contributed by atoms with Crippen molar-refractivity contribution in [2.24, 2.45) is 0 Å². The first-order chi connectivity index (χ1) is 18.3. The maximum absolute atomic E-state index is 13.4. The lowest BCUT2D eigenvalue weighted by Crippen LogP contribution is -2.43. The number of pyridine rings is 1. The number of nitrogens with one attached hydrogen (secondary N) is 2. The van der Waals surface area contributed by atoms with Crippen molar-refractivity contribution < 1.29 is 35.9 Å². The number of rotatable bonds is 9. The van der Waals surface area contributed by atoms with Gasteiger partial charge in [-0.15, -0.1) is 13.2 Å². The maximum atomic E-state index is 13.4. The monoisotopic (exact) mass is 563 g/mol. The van der Waals surface area contributed by atoms with Gasteiger partial charge in [0.2, 0.25) is 0 Å². The molecule has 2 N–H and O–H groups in total. The molecule has 14 heteroatoms. The SMILES string of the molecule is CC1(C)C(=O)N(c2ccc(OC(F)(F)F)cc2)C(=O)N1Cc1ccncc1NS(=O)(=O)NCc1ccccc1. The third kappa shape index (κ3) is 6.46. The summed E-state index contributed by atoms with van der Waals surface area (Å²) in [5, 5.41) is 0. The second-order valence-electron chi connectivity index (χ2n) is 9.06. The Hall–Kier alpha value is -4.17. The van der Waals surface area contributed by atoms with Crippen LogP contribution in [0.15, 0.2) is 73.1 Å². The Morgan fingerprint density at radius 1 is 1.00 bits per heavy atom. The summed E-state index contributed by atoms with van der Waals surface area (Å²) < 4.78 is 71.5. The van der Waals surface area contributed by atoms with Gasteiger partial charge in [0.05, 0.1) is 24.1 Å². The van der Waals surface area contributed by atoms with E-state index in [1.165, 1.54) is 49.3 Å². The standard InChI is InChI=1S/C25H24F3N5O5S/c1-24(2)22(34)33(19-8-10-20(11-9-19)38-25(26,27)28)23(35)32(24)16-18-12-13-29-15-21(18)31-39(36,37)30-14-17-6-4-3-5-7-17/h3-13,15,30-31H,14,16H2,1-2H3. The molecule has 3 aromatic rings. The van der Waals surface area contributed by atoms with Crippen molar-refractivity contribution >= 4 is 33.5 Å². The minimum atomic E-state index is -4.89. The molecule has 0 atom stereocenters. The molecular formula is C25H24F3N5O5S. The fraction of sp³-hybridized carbons (Fsp3) is 0.240. The molecule has 10 nitrogen and oxygen atoms in total. The molecule has 0 bridgehead atoms. The van der Waals surface area contributed by atoms with Crippen LogP contribution in [0.5, 0.6) is 5.75 Å². The highest BCUT2D eigenvalue weighted by atomic mass is 32.2. The number of imide groups is 1. The van der Waals surface area contributed by atoms with Crippen LogP contribution in [0.4, 0.5) is 29.3 Å². The number of hydrogen-bond acceptors (Lipinski definition) is 6. The summed E-state index contributed by atoms with van der Waals surface area (Å²) in [5.41, 5.74) is -0.101. The highest BCUT2D eigenvalue weighted by Crippen LogP contribution is 2.35. The Morgan fingerprint density at radius 2 is 1.67 bits per heavy atom. The van der Waals surface area contributed by atoms with Gasteiger partial charge in [0.25, 0.3) is 16.1 Å². The predicted molar refractivity (Wildman–Crippen MR) is 136 cm³/mol. The molecule has 3 amide bonds. The quantitative estimate of drug-likeness (QED) is 0.377. The first-order valence-corrected chi connectivity index (χ1v) is 13.0. The summed E-state index contributed by atoms with van der Waals surface area (Å²) in [6.45, 7) is 2.91. The lowest BCUT2D eigenvalue weighted by molar-refractivity contribution is -0.274. The molecule has 39 heavy (non-hydrogen) atoms. The summed E-state index contributed by atoms with van der Waals surface area (Å²) in [6.07, 6.45) is -2.19. The van der Waals surface area contributed by atoms with Crippen molar-refractivity contribution in [2.75, 3.05) is 9.62 Å². The van der Waals surface area contributed by atoms with Crippen molar-refractivity contribution in [3.05, 3.63) is 84.2 Å². The number of hydrogen-bond donors (Lipinski definition) is 2. The Kier molecular flexibility index (Phi) is 7.52. The van der Waals surface area contributed by atoms with E-state index in [4.69, 9.17) is 0 Å². The average molecular weight is 564 g/mol. The van der Waals surface area contributed by atoms with Gasteiger partial charge in [0, 0.05) is 12.7 Å². The summed E-state index contributed by atoms with van der Waals surface area (Å²) in [6, 6.07) is 14.0. The topological polar surface area (TPSA) is 121 Å². The van der Waals surface area contributed by atoms with Crippen LogP contribution < -0.4 is 19.1 Å². The summed E-state index contributed by atoms with van der Waals surface area (Å²) in [5.74, 6) is -1.12. The van der Waals surface area contributed by atoms with Crippen LogP contribution in [-0.4, -0.2) is 42.1 Å². The zero-order valence-electron chi connectivity index (χ0n) is 20.8. The first-order valence-electron chi connectivity index (χ1n) is 11.5. The molecule has 1 fully saturated rings. The van der Waals surface area contributed by atoms with Crippen LogP contribution in [0.2, 0.25) is 0 Å². The van der Waals surface area contributed by atoms with Crippen LogP contribution >= 0.6 is 0 Å². The van der Waals surface area contributed by atoms with E-state index in [2.05, 4.69) is 19.2 Å². The fourth-order valence-electron chi connectivity index (χ4n) is 3.90. The van der Waals surface area contributed by atoms with Crippen molar-refractivity contribution in [1.82, 2.24) is 14.6 Å². The Balaban J connectivity index is 1.53. The zero-order chi connectivity index (χ0) is 28.4. The summed E-state index contributed by atoms with van der Waals surface area (Å²) >= 11 is 0. The second kappa shape index (κ2) is 10.5. The third-order valence-electron chi connectivity index (χ3n) is 5.95. The number of anilines is 2. The van der Waals surface area contributed by atoms with Gasteiger partial charge in [-0.3, -0.25) is 14.5 Å². The lowest BCUT2D eigenvalue weighted by Gasteiger charge is -2.28. The molecule has 4 rings (SSSR count). The molecular weight excluding hydrogens is 539 g/mol. The molecule has 206 valence electrons. The van der Waals surface area contributed by atoms with Crippen molar-refractivity contribution in [3.8, 4) is 5.75 Å². The van der Waals surface area contributed by atoms with Crippen molar-refractivity contribution in [1.29, 1.82) is 0 Å². The summed E-state index contributed by atoms with van der Waals surface area (Å²) in [7, 11) is -4.03. The van der Waals surface area contributed by atoms with Gasteiger partial charge in [0.1, 0.15) is 11.3 Å². The van der Waals surface area contributed by atoms with Crippen LogP contribution in [0.1, 0.15) is 25.0 Å². The van der Waals surface area contributed by atoms with Crippen LogP contribution in [0.25, 0.3) is 0 Å². The van der Waals surface area contributed by atoms with Gasteiger partial charge in [-0.1, -0.05) is 30.3 Å². The zero-order valence-corrected chi connectivity index (χ0v) is 21.6. The molecule has 0 unspecified atom stereocenters. The van der Waals surface area contributed by atoms with Crippen LogP contribution in [-0.2, 0) is 28.1 Å². The molecule has 0 aliphatic carbocycles. The molecule has 1 saturated heterocycles. The largest absolute Gasteiger partial charge is 0.573 e. The number of amides is 3. The smallest absolute Gasteiger partial charge is 0.406 e. The Labute approximate surface area is 222 Å². The second-order valence-corrected chi connectivity index (χ2v) is 10.6.